The Morgan fingerprint density at radius 2 is 1.75 bits per heavy atom. The third-order valence-electron chi connectivity index (χ3n) is 2.81. The molecule has 0 aliphatic heterocycles. The number of benzene rings is 2. The standard InChI is InChI=1S/C13H12Br2N2O2S/c1-17(12-5-3-2-4-11(12)16)20(18,19)13-8-9(14)6-7-10(13)15/h2-8H,16H2,1H3. The summed E-state index contributed by atoms with van der Waals surface area (Å²) in [6.07, 6.45) is 0. The summed E-state index contributed by atoms with van der Waals surface area (Å²) in [6.45, 7) is 0. The van der Waals surface area contributed by atoms with Crippen molar-refractivity contribution < 1.29 is 8.42 Å². The van der Waals surface area contributed by atoms with Crippen molar-refractivity contribution in [1.82, 2.24) is 0 Å². The van der Waals surface area contributed by atoms with E-state index in [0.29, 0.717) is 20.3 Å². The maximum Gasteiger partial charge on any atom is 0.265 e. The van der Waals surface area contributed by atoms with Gasteiger partial charge in [0.15, 0.2) is 0 Å². The van der Waals surface area contributed by atoms with Gasteiger partial charge in [-0.25, -0.2) is 8.42 Å². The monoisotopic (exact) mass is 418 g/mol. The van der Waals surface area contributed by atoms with Crippen LogP contribution in [0, 0.1) is 0 Å². The van der Waals surface area contributed by atoms with Crippen molar-refractivity contribution in [2.75, 3.05) is 17.1 Å². The Labute approximate surface area is 134 Å². The van der Waals surface area contributed by atoms with Gasteiger partial charge in [-0.05, 0) is 46.3 Å². The van der Waals surface area contributed by atoms with Gasteiger partial charge in [-0.3, -0.25) is 4.31 Å². The zero-order valence-corrected chi connectivity index (χ0v) is 14.5. The fourth-order valence-electron chi connectivity index (χ4n) is 1.73. The quantitative estimate of drug-likeness (QED) is 0.772. The van der Waals surface area contributed by atoms with Gasteiger partial charge in [-0.1, -0.05) is 28.1 Å². The molecule has 0 aromatic heterocycles. The van der Waals surface area contributed by atoms with E-state index in [9.17, 15) is 8.42 Å². The van der Waals surface area contributed by atoms with Crippen LogP contribution in [-0.4, -0.2) is 15.5 Å². The molecule has 106 valence electrons. The van der Waals surface area contributed by atoms with Crippen LogP contribution in [0.1, 0.15) is 0 Å². The number of hydrogen-bond donors (Lipinski definition) is 1. The van der Waals surface area contributed by atoms with Crippen LogP contribution in [0.2, 0.25) is 0 Å². The fraction of sp³-hybridized carbons (Fsp3) is 0.0769. The van der Waals surface area contributed by atoms with E-state index in [4.69, 9.17) is 5.73 Å². The second-order valence-electron chi connectivity index (χ2n) is 4.11. The first kappa shape index (κ1) is 15.3. The molecule has 0 unspecified atom stereocenters. The molecule has 0 aliphatic carbocycles. The SMILES string of the molecule is CN(c1ccccc1N)S(=O)(=O)c1cc(Br)ccc1Br. The second kappa shape index (κ2) is 5.75. The lowest BCUT2D eigenvalue weighted by Gasteiger charge is -2.21. The second-order valence-corrected chi connectivity index (χ2v) is 7.81. The number of para-hydroxylation sites is 2. The van der Waals surface area contributed by atoms with E-state index < -0.39 is 10.0 Å². The third kappa shape index (κ3) is 2.84. The van der Waals surface area contributed by atoms with Crippen molar-refractivity contribution in [2.24, 2.45) is 0 Å². The Morgan fingerprint density at radius 1 is 1.10 bits per heavy atom. The number of halogens is 2. The van der Waals surface area contributed by atoms with Crippen LogP contribution in [0.15, 0.2) is 56.3 Å². The molecule has 2 N–H and O–H groups in total. The van der Waals surface area contributed by atoms with Crippen molar-refractivity contribution in [3.8, 4) is 0 Å². The van der Waals surface area contributed by atoms with Gasteiger partial charge < -0.3 is 5.73 Å². The molecule has 0 aliphatic rings. The molecule has 0 bridgehead atoms. The molecular weight excluding hydrogens is 408 g/mol. The number of hydrogen-bond acceptors (Lipinski definition) is 3. The van der Waals surface area contributed by atoms with Gasteiger partial charge in [0.2, 0.25) is 0 Å². The Balaban J connectivity index is 2.56. The summed E-state index contributed by atoms with van der Waals surface area (Å²) in [4.78, 5) is 0.178. The predicted molar refractivity (Wildman–Crippen MR) is 88.3 cm³/mol. The molecule has 0 saturated heterocycles. The number of rotatable bonds is 3. The average Bonchev–Trinajstić information content (AvgIpc) is 2.41. The van der Waals surface area contributed by atoms with Gasteiger partial charge in [-0.15, -0.1) is 0 Å². The zero-order valence-electron chi connectivity index (χ0n) is 10.5. The lowest BCUT2D eigenvalue weighted by Crippen LogP contribution is -2.27. The average molecular weight is 420 g/mol. The molecule has 4 nitrogen and oxygen atoms in total. The first-order valence-electron chi connectivity index (χ1n) is 5.62. The predicted octanol–water partition coefficient (Wildman–Crippen LogP) is 3.62. The van der Waals surface area contributed by atoms with E-state index in [1.165, 1.54) is 11.4 Å². The molecule has 0 spiro atoms. The van der Waals surface area contributed by atoms with Gasteiger partial charge in [0.1, 0.15) is 4.90 Å². The Hall–Kier alpha value is -1.05. The summed E-state index contributed by atoms with van der Waals surface area (Å²) >= 11 is 6.55. The molecule has 2 rings (SSSR count). The summed E-state index contributed by atoms with van der Waals surface area (Å²) in [5.74, 6) is 0. The van der Waals surface area contributed by atoms with Crippen molar-refractivity contribution >= 4 is 53.3 Å². The van der Waals surface area contributed by atoms with Gasteiger partial charge in [0.25, 0.3) is 10.0 Å². The van der Waals surface area contributed by atoms with Crippen LogP contribution >= 0.6 is 31.9 Å². The molecule has 0 radical (unpaired) electrons. The molecule has 7 heteroatoms. The van der Waals surface area contributed by atoms with Crippen molar-refractivity contribution in [3.05, 3.63) is 51.4 Å². The summed E-state index contributed by atoms with van der Waals surface area (Å²) in [6, 6.07) is 11.8. The zero-order chi connectivity index (χ0) is 14.9. The van der Waals surface area contributed by atoms with Gasteiger partial charge in [0, 0.05) is 16.0 Å². The van der Waals surface area contributed by atoms with Gasteiger partial charge in [0.05, 0.1) is 11.4 Å². The maximum atomic E-state index is 12.7. The van der Waals surface area contributed by atoms with Crippen LogP contribution in [0.5, 0.6) is 0 Å². The van der Waals surface area contributed by atoms with Crippen molar-refractivity contribution in [2.45, 2.75) is 4.90 Å². The van der Waals surface area contributed by atoms with E-state index >= 15 is 0 Å². The van der Waals surface area contributed by atoms with E-state index in [2.05, 4.69) is 31.9 Å². The molecule has 0 heterocycles. The largest absolute Gasteiger partial charge is 0.397 e. The molecule has 0 saturated carbocycles. The normalized spacial score (nSPS) is 11.3. The molecule has 0 atom stereocenters. The highest BCUT2D eigenvalue weighted by molar-refractivity contribution is 9.11. The molecular formula is C13H12Br2N2O2S. The first-order chi connectivity index (χ1) is 9.34. The minimum atomic E-state index is -3.69. The van der Waals surface area contributed by atoms with E-state index in [-0.39, 0.29) is 4.90 Å². The minimum absolute atomic E-state index is 0.178. The number of anilines is 2. The number of nitrogen functional groups attached to an aromatic ring is 1. The van der Waals surface area contributed by atoms with E-state index in [1.54, 1.807) is 42.5 Å². The highest BCUT2D eigenvalue weighted by atomic mass is 79.9. The summed E-state index contributed by atoms with van der Waals surface area (Å²) < 4.78 is 27.7. The lowest BCUT2D eigenvalue weighted by molar-refractivity contribution is 0.594. The maximum absolute atomic E-state index is 12.7. The number of nitrogens with two attached hydrogens (primary N) is 1. The van der Waals surface area contributed by atoms with E-state index in [1.807, 2.05) is 0 Å². The van der Waals surface area contributed by atoms with Crippen LogP contribution in [0.4, 0.5) is 11.4 Å². The molecule has 2 aromatic rings. The minimum Gasteiger partial charge on any atom is -0.397 e. The van der Waals surface area contributed by atoms with Crippen LogP contribution in [0.3, 0.4) is 0 Å². The molecule has 2 aromatic carbocycles. The molecule has 0 fully saturated rings. The Kier molecular flexibility index (Phi) is 4.41. The van der Waals surface area contributed by atoms with Crippen molar-refractivity contribution in [1.29, 1.82) is 0 Å². The fourth-order valence-corrected chi connectivity index (χ4v) is 4.41. The highest BCUT2D eigenvalue weighted by Crippen LogP contribution is 2.32. The molecule has 20 heavy (non-hydrogen) atoms. The molecule has 0 amide bonds. The lowest BCUT2D eigenvalue weighted by atomic mass is 10.3. The van der Waals surface area contributed by atoms with Gasteiger partial charge >= 0.3 is 0 Å². The van der Waals surface area contributed by atoms with Crippen LogP contribution in [0.25, 0.3) is 0 Å². The third-order valence-corrected chi connectivity index (χ3v) is 6.07. The highest BCUT2D eigenvalue weighted by Gasteiger charge is 2.25. The summed E-state index contributed by atoms with van der Waals surface area (Å²) in [5, 5.41) is 0. The summed E-state index contributed by atoms with van der Waals surface area (Å²) in [7, 11) is -2.21. The number of sulfonamides is 1. The van der Waals surface area contributed by atoms with Gasteiger partial charge in [-0.2, -0.15) is 0 Å². The topological polar surface area (TPSA) is 63.4 Å². The van der Waals surface area contributed by atoms with Crippen molar-refractivity contribution in [3.63, 3.8) is 0 Å². The Bertz CT molecular complexity index is 748. The smallest absolute Gasteiger partial charge is 0.265 e. The Morgan fingerprint density at radius 3 is 2.40 bits per heavy atom. The van der Waals surface area contributed by atoms with Crippen LogP contribution in [-0.2, 0) is 10.0 Å². The van der Waals surface area contributed by atoms with E-state index in [0.717, 1.165) is 0 Å². The number of nitrogens with zero attached hydrogens (tertiary/aromatic N) is 1. The summed E-state index contributed by atoms with van der Waals surface area (Å²) in [5.41, 5.74) is 6.69. The van der Waals surface area contributed by atoms with Crippen LogP contribution < -0.4 is 10.0 Å². The first-order valence-corrected chi connectivity index (χ1v) is 8.65.